The third-order valence-electron chi connectivity index (χ3n) is 2.49. The van der Waals surface area contributed by atoms with Crippen molar-refractivity contribution in [1.82, 2.24) is 4.90 Å². The van der Waals surface area contributed by atoms with E-state index < -0.39 is 0 Å². The van der Waals surface area contributed by atoms with Gasteiger partial charge in [0, 0.05) is 6.54 Å². The van der Waals surface area contributed by atoms with Crippen LogP contribution < -0.4 is 0 Å². The van der Waals surface area contributed by atoms with Crippen molar-refractivity contribution in [3.8, 4) is 0 Å². The SMILES string of the molecule is CCCN(CCc1ccsc1)CC(=O)OCC. The van der Waals surface area contributed by atoms with E-state index in [1.807, 2.05) is 6.92 Å². The molecule has 1 heterocycles. The van der Waals surface area contributed by atoms with Crippen molar-refractivity contribution in [3.63, 3.8) is 0 Å². The monoisotopic (exact) mass is 255 g/mol. The lowest BCUT2D eigenvalue weighted by Crippen LogP contribution is -2.33. The maximum Gasteiger partial charge on any atom is 0.320 e. The highest BCUT2D eigenvalue weighted by Gasteiger charge is 2.10. The Hall–Kier alpha value is -0.870. The molecule has 1 aromatic rings. The van der Waals surface area contributed by atoms with Crippen molar-refractivity contribution in [1.29, 1.82) is 0 Å². The number of esters is 1. The van der Waals surface area contributed by atoms with Crippen molar-refractivity contribution in [3.05, 3.63) is 22.4 Å². The van der Waals surface area contributed by atoms with Gasteiger partial charge in [-0.05, 0) is 48.7 Å². The molecule has 0 amide bonds. The second-order valence-electron chi connectivity index (χ2n) is 3.96. The molecule has 0 radical (unpaired) electrons. The van der Waals surface area contributed by atoms with Crippen molar-refractivity contribution in [2.24, 2.45) is 0 Å². The molecule has 0 aliphatic carbocycles. The summed E-state index contributed by atoms with van der Waals surface area (Å²) in [6.45, 7) is 6.71. The van der Waals surface area contributed by atoms with Gasteiger partial charge in [-0.2, -0.15) is 11.3 Å². The Morgan fingerprint density at radius 2 is 2.24 bits per heavy atom. The first-order valence-corrected chi connectivity index (χ1v) is 7.09. The summed E-state index contributed by atoms with van der Waals surface area (Å²) in [5.74, 6) is -0.119. The number of nitrogens with zero attached hydrogens (tertiary/aromatic N) is 1. The van der Waals surface area contributed by atoms with Crippen LogP contribution in [0.5, 0.6) is 0 Å². The second kappa shape index (κ2) is 8.25. The highest BCUT2D eigenvalue weighted by molar-refractivity contribution is 7.07. The van der Waals surface area contributed by atoms with Crippen LogP contribution in [0.1, 0.15) is 25.8 Å². The van der Waals surface area contributed by atoms with E-state index >= 15 is 0 Å². The quantitative estimate of drug-likeness (QED) is 0.669. The molecule has 0 saturated carbocycles. The molecule has 1 rings (SSSR count). The predicted molar refractivity (Wildman–Crippen MR) is 71.4 cm³/mol. The summed E-state index contributed by atoms with van der Waals surface area (Å²) in [4.78, 5) is 13.6. The van der Waals surface area contributed by atoms with E-state index in [1.54, 1.807) is 11.3 Å². The largest absolute Gasteiger partial charge is 0.465 e. The van der Waals surface area contributed by atoms with Crippen LogP contribution in [-0.4, -0.2) is 37.1 Å². The van der Waals surface area contributed by atoms with Crippen LogP contribution in [-0.2, 0) is 16.0 Å². The van der Waals surface area contributed by atoms with Gasteiger partial charge < -0.3 is 4.74 Å². The number of carbonyl (C=O) groups is 1. The van der Waals surface area contributed by atoms with Gasteiger partial charge in [0.25, 0.3) is 0 Å². The van der Waals surface area contributed by atoms with Gasteiger partial charge in [-0.25, -0.2) is 0 Å². The molecule has 3 nitrogen and oxygen atoms in total. The molecule has 0 spiro atoms. The number of hydrogen-bond donors (Lipinski definition) is 0. The zero-order valence-corrected chi connectivity index (χ0v) is 11.5. The molecule has 96 valence electrons. The van der Waals surface area contributed by atoms with Crippen molar-refractivity contribution in [2.45, 2.75) is 26.7 Å². The Bertz CT molecular complexity index is 311. The normalized spacial score (nSPS) is 10.8. The maximum absolute atomic E-state index is 11.4. The molecule has 0 aromatic carbocycles. The molecule has 0 bridgehead atoms. The summed E-state index contributed by atoms with van der Waals surface area (Å²) in [7, 11) is 0. The topological polar surface area (TPSA) is 29.5 Å². The lowest BCUT2D eigenvalue weighted by molar-refractivity contribution is -0.144. The Balaban J connectivity index is 2.34. The van der Waals surface area contributed by atoms with Crippen LogP contribution in [0.4, 0.5) is 0 Å². The zero-order valence-electron chi connectivity index (χ0n) is 10.6. The van der Waals surface area contributed by atoms with Gasteiger partial charge in [-0.15, -0.1) is 0 Å². The molecular weight excluding hydrogens is 234 g/mol. The smallest absolute Gasteiger partial charge is 0.320 e. The highest BCUT2D eigenvalue weighted by atomic mass is 32.1. The number of hydrogen-bond acceptors (Lipinski definition) is 4. The van der Waals surface area contributed by atoms with Crippen LogP contribution >= 0.6 is 11.3 Å². The number of thiophene rings is 1. The molecular formula is C13H21NO2S. The summed E-state index contributed by atoms with van der Waals surface area (Å²) in [5, 5.41) is 4.25. The minimum atomic E-state index is -0.119. The minimum Gasteiger partial charge on any atom is -0.465 e. The van der Waals surface area contributed by atoms with E-state index in [1.165, 1.54) is 5.56 Å². The van der Waals surface area contributed by atoms with Crippen LogP contribution in [0.2, 0.25) is 0 Å². The first-order valence-electron chi connectivity index (χ1n) is 6.15. The standard InChI is InChI=1S/C13H21NO2S/c1-3-7-14(10-13(15)16-4-2)8-5-12-6-9-17-11-12/h6,9,11H,3-5,7-8,10H2,1-2H3. The summed E-state index contributed by atoms with van der Waals surface area (Å²) < 4.78 is 4.98. The fraction of sp³-hybridized carbons (Fsp3) is 0.615. The minimum absolute atomic E-state index is 0.119. The lowest BCUT2D eigenvalue weighted by atomic mass is 10.2. The first kappa shape index (κ1) is 14.2. The third-order valence-corrected chi connectivity index (χ3v) is 3.23. The van der Waals surface area contributed by atoms with Crippen LogP contribution in [0.3, 0.4) is 0 Å². The van der Waals surface area contributed by atoms with Gasteiger partial charge in [0.05, 0.1) is 13.2 Å². The average molecular weight is 255 g/mol. The van der Waals surface area contributed by atoms with Crippen molar-refractivity contribution < 1.29 is 9.53 Å². The number of rotatable bonds is 8. The summed E-state index contributed by atoms with van der Waals surface area (Å²) >= 11 is 1.72. The molecule has 0 fully saturated rings. The third kappa shape index (κ3) is 5.84. The number of carbonyl (C=O) groups excluding carboxylic acids is 1. The van der Waals surface area contributed by atoms with Crippen LogP contribution in [0, 0.1) is 0 Å². The molecule has 0 aliphatic heterocycles. The molecule has 4 heteroatoms. The zero-order chi connectivity index (χ0) is 12.5. The molecule has 17 heavy (non-hydrogen) atoms. The fourth-order valence-electron chi connectivity index (χ4n) is 1.70. The van der Waals surface area contributed by atoms with Gasteiger partial charge in [0.15, 0.2) is 0 Å². The summed E-state index contributed by atoms with van der Waals surface area (Å²) in [6.07, 6.45) is 2.06. The lowest BCUT2D eigenvalue weighted by Gasteiger charge is -2.20. The van der Waals surface area contributed by atoms with E-state index in [0.717, 1.165) is 25.9 Å². The molecule has 0 unspecified atom stereocenters. The molecule has 1 aromatic heterocycles. The van der Waals surface area contributed by atoms with Crippen LogP contribution in [0.25, 0.3) is 0 Å². The van der Waals surface area contributed by atoms with E-state index in [2.05, 4.69) is 28.7 Å². The molecule has 0 aliphatic rings. The first-order chi connectivity index (χ1) is 8.26. The maximum atomic E-state index is 11.4. The molecule has 0 atom stereocenters. The Morgan fingerprint density at radius 1 is 1.41 bits per heavy atom. The van der Waals surface area contributed by atoms with E-state index in [-0.39, 0.29) is 5.97 Å². The second-order valence-corrected chi connectivity index (χ2v) is 4.74. The summed E-state index contributed by atoms with van der Waals surface area (Å²) in [6, 6.07) is 2.14. The molecule has 0 N–H and O–H groups in total. The van der Waals surface area contributed by atoms with Gasteiger partial charge in [0.2, 0.25) is 0 Å². The van der Waals surface area contributed by atoms with Gasteiger partial charge in [-0.3, -0.25) is 9.69 Å². The van der Waals surface area contributed by atoms with Gasteiger partial charge >= 0.3 is 5.97 Å². The predicted octanol–water partition coefficient (Wildman–Crippen LogP) is 2.57. The van der Waals surface area contributed by atoms with Gasteiger partial charge in [0.1, 0.15) is 0 Å². The Morgan fingerprint density at radius 3 is 2.82 bits per heavy atom. The summed E-state index contributed by atoms with van der Waals surface area (Å²) in [5.41, 5.74) is 1.35. The highest BCUT2D eigenvalue weighted by Crippen LogP contribution is 2.07. The van der Waals surface area contributed by atoms with Gasteiger partial charge in [-0.1, -0.05) is 6.92 Å². The van der Waals surface area contributed by atoms with Crippen LogP contribution in [0.15, 0.2) is 16.8 Å². The van der Waals surface area contributed by atoms with E-state index in [0.29, 0.717) is 13.2 Å². The van der Waals surface area contributed by atoms with Crippen molar-refractivity contribution in [2.75, 3.05) is 26.2 Å². The fourth-order valence-corrected chi connectivity index (χ4v) is 2.40. The number of ether oxygens (including phenoxy) is 1. The van der Waals surface area contributed by atoms with E-state index in [9.17, 15) is 4.79 Å². The Kier molecular flexibility index (Phi) is 6.89. The van der Waals surface area contributed by atoms with Crippen molar-refractivity contribution >= 4 is 17.3 Å². The van der Waals surface area contributed by atoms with E-state index in [4.69, 9.17) is 4.74 Å². The Labute approximate surface area is 107 Å². The average Bonchev–Trinajstić information content (AvgIpc) is 2.79. The molecule has 0 saturated heterocycles.